The first kappa shape index (κ1) is 51.5. The first-order valence-corrected chi connectivity index (χ1v) is 22.4. The van der Waals surface area contributed by atoms with E-state index in [1.54, 1.807) is 0 Å². The number of aliphatic carboxylic acids is 6. The van der Waals surface area contributed by atoms with Gasteiger partial charge in [0.05, 0.1) is 38.4 Å². The maximum absolute atomic E-state index is 13.0. The fourth-order valence-electron chi connectivity index (χ4n) is 12.2. The lowest BCUT2D eigenvalue weighted by molar-refractivity contribution is -0.207. The normalized spacial score (nSPS) is 31.0. The van der Waals surface area contributed by atoms with E-state index in [-0.39, 0.29) is 92.6 Å². The van der Waals surface area contributed by atoms with Crippen LogP contribution in [0.5, 0.6) is 0 Å². The molecule has 6 unspecified atom stereocenters. The molecule has 4 saturated carbocycles. The first-order valence-electron chi connectivity index (χ1n) is 22.4. The second kappa shape index (κ2) is 22.7. The number of hydrogen-bond acceptors (Lipinski definition) is 13. The Bertz CT molecular complexity index is 1560. The Hall–Kier alpha value is -4.11. The number of carbonyl (C=O) groups excluding carboxylic acids is 1. The van der Waals surface area contributed by atoms with Crippen molar-refractivity contribution in [2.75, 3.05) is 58.9 Å². The molecule has 0 aromatic carbocycles. The highest BCUT2D eigenvalue weighted by Gasteiger charge is 2.66. The fraction of sp³-hybridized carbons (Fsp3) is 0.837. The molecule has 4 rings (SSSR count). The number of unbranched alkanes of at least 4 members (excludes halogenated alkanes) is 1. The van der Waals surface area contributed by atoms with Gasteiger partial charge in [0, 0.05) is 39.1 Å². The number of rotatable bonds is 26. The van der Waals surface area contributed by atoms with Crippen LogP contribution in [-0.2, 0) is 33.5 Å². The van der Waals surface area contributed by atoms with Crippen molar-refractivity contribution in [3.05, 3.63) is 0 Å². The van der Waals surface area contributed by atoms with E-state index >= 15 is 0 Å². The predicted molar refractivity (Wildman–Crippen MR) is 223 cm³/mol. The first-order chi connectivity index (χ1) is 29.6. The molecule has 4 aliphatic carbocycles. The van der Waals surface area contributed by atoms with Crippen LogP contribution in [0.25, 0.3) is 0 Å². The number of nitrogens with zero attached hydrogens (tertiary/aromatic N) is 3. The van der Waals surface area contributed by atoms with E-state index in [9.17, 15) is 74.4 Å². The van der Waals surface area contributed by atoms with Gasteiger partial charge >= 0.3 is 41.9 Å². The molecule has 358 valence electrons. The Morgan fingerprint density at radius 2 is 1.27 bits per heavy atom. The van der Waals surface area contributed by atoms with Crippen LogP contribution in [-0.4, -0.2) is 181 Å². The van der Waals surface area contributed by atoms with Crippen molar-refractivity contribution >= 4 is 41.9 Å². The summed E-state index contributed by atoms with van der Waals surface area (Å²) in [5.41, 5.74) is -0.571. The van der Waals surface area contributed by atoms with Crippen LogP contribution in [0.4, 0.5) is 4.79 Å². The van der Waals surface area contributed by atoms with Crippen LogP contribution in [0.1, 0.15) is 97.8 Å². The topological polar surface area (TPSA) is 312 Å². The zero-order chi connectivity index (χ0) is 46.8. The summed E-state index contributed by atoms with van der Waals surface area (Å²) in [5.74, 6) is -6.62. The SMILES string of the molecule is CC(CCC(=O)O)[C@H]1CCC2C3C(O)CC4C[C@H](OC(=O)NCCCC[C@@H](C(=O)O)N(CCN(CC(=O)O)CC(=O)O)CCN(CC(=O)O)CC(=O)O)CC[C@]4(C)C3C[C@H](O)[C@@]21C. The number of amides is 1. The largest absolute Gasteiger partial charge is 0.481 e. The number of ether oxygens (including phenoxy) is 1. The Labute approximate surface area is 367 Å². The maximum atomic E-state index is 13.0. The summed E-state index contributed by atoms with van der Waals surface area (Å²) >= 11 is 0. The van der Waals surface area contributed by atoms with Crippen molar-refractivity contribution in [1.29, 1.82) is 0 Å². The number of carboxylic acids is 6. The van der Waals surface area contributed by atoms with Gasteiger partial charge in [-0.05, 0) is 117 Å². The number of carbonyl (C=O) groups is 7. The van der Waals surface area contributed by atoms with Gasteiger partial charge in [-0.15, -0.1) is 0 Å². The van der Waals surface area contributed by atoms with Crippen molar-refractivity contribution in [1.82, 2.24) is 20.0 Å². The summed E-state index contributed by atoms with van der Waals surface area (Å²) in [6.07, 6.45) is 4.07. The molecule has 20 heteroatoms. The molecule has 0 aliphatic heterocycles. The van der Waals surface area contributed by atoms with Gasteiger partial charge in [-0.25, -0.2) is 4.79 Å². The van der Waals surface area contributed by atoms with Gasteiger partial charge in [-0.2, -0.15) is 0 Å². The zero-order valence-corrected chi connectivity index (χ0v) is 36.8. The lowest BCUT2D eigenvalue weighted by Crippen LogP contribution is -2.62. The Morgan fingerprint density at radius 3 is 1.79 bits per heavy atom. The van der Waals surface area contributed by atoms with Crippen molar-refractivity contribution in [3.63, 3.8) is 0 Å². The van der Waals surface area contributed by atoms with Gasteiger partial charge in [0.1, 0.15) is 12.1 Å². The summed E-state index contributed by atoms with van der Waals surface area (Å²) < 4.78 is 5.86. The van der Waals surface area contributed by atoms with Crippen LogP contribution < -0.4 is 5.32 Å². The average molecular weight is 899 g/mol. The van der Waals surface area contributed by atoms with Crippen molar-refractivity contribution in [2.45, 2.75) is 122 Å². The number of fused-ring (bicyclic) bond motifs is 5. The quantitative estimate of drug-likeness (QED) is 0.0561. The zero-order valence-electron chi connectivity index (χ0n) is 36.8. The summed E-state index contributed by atoms with van der Waals surface area (Å²) in [7, 11) is 0. The highest BCUT2D eigenvalue weighted by molar-refractivity contribution is 5.74. The molecule has 63 heavy (non-hydrogen) atoms. The molecule has 4 fully saturated rings. The summed E-state index contributed by atoms with van der Waals surface area (Å²) in [6.45, 7) is 3.58. The Kier molecular flexibility index (Phi) is 18.5. The molecule has 0 aromatic heterocycles. The molecule has 1 amide bonds. The number of carboxylic acid groups (broad SMARTS) is 6. The molecular weight excluding hydrogens is 828 g/mol. The van der Waals surface area contributed by atoms with Crippen LogP contribution >= 0.6 is 0 Å². The smallest absolute Gasteiger partial charge is 0.407 e. The van der Waals surface area contributed by atoms with E-state index < -0.39 is 91.8 Å². The van der Waals surface area contributed by atoms with E-state index in [2.05, 4.69) is 26.1 Å². The number of aliphatic hydroxyl groups is 2. The number of aliphatic hydroxyl groups excluding tert-OH is 2. The third-order valence-electron chi connectivity index (χ3n) is 15.3. The summed E-state index contributed by atoms with van der Waals surface area (Å²) in [4.78, 5) is 85.9. The van der Waals surface area contributed by atoms with Crippen molar-refractivity contribution in [2.24, 2.45) is 46.3 Å². The minimum atomic E-state index is -1.29. The second-order valence-electron chi connectivity index (χ2n) is 19.1. The van der Waals surface area contributed by atoms with Gasteiger partial charge in [0.15, 0.2) is 0 Å². The molecule has 0 spiro atoms. The summed E-state index contributed by atoms with van der Waals surface area (Å²) in [5, 5.41) is 82.9. The third kappa shape index (κ3) is 13.5. The summed E-state index contributed by atoms with van der Waals surface area (Å²) in [6, 6.07) is -1.19. The van der Waals surface area contributed by atoms with E-state index in [0.717, 1.165) is 29.1 Å². The van der Waals surface area contributed by atoms with Gasteiger partial charge < -0.3 is 50.9 Å². The van der Waals surface area contributed by atoms with E-state index in [0.29, 0.717) is 44.9 Å². The molecule has 4 aliphatic rings. The van der Waals surface area contributed by atoms with Gasteiger partial charge in [-0.3, -0.25) is 43.5 Å². The molecule has 20 nitrogen and oxygen atoms in total. The third-order valence-corrected chi connectivity index (χ3v) is 15.3. The fourth-order valence-corrected chi connectivity index (χ4v) is 12.2. The monoisotopic (exact) mass is 898 g/mol. The number of alkyl carbamates (subject to hydrolysis) is 1. The van der Waals surface area contributed by atoms with Crippen LogP contribution in [0, 0.1) is 46.3 Å². The highest BCUT2D eigenvalue weighted by Crippen LogP contribution is 2.68. The van der Waals surface area contributed by atoms with Gasteiger partial charge in [0.2, 0.25) is 0 Å². The average Bonchev–Trinajstić information content (AvgIpc) is 3.53. The van der Waals surface area contributed by atoms with Crippen LogP contribution in [0.2, 0.25) is 0 Å². The minimum Gasteiger partial charge on any atom is -0.481 e. The maximum Gasteiger partial charge on any atom is 0.407 e. The van der Waals surface area contributed by atoms with Gasteiger partial charge in [0.25, 0.3) is 0 Å². The molecule has 0 saturated heterocycles. The van der Waals surface area contributed by atoms with Crippen molar-refractivity contribution in [3.8, 4) is 0 Å². The minimum absolute atomic E-state index is 0.0250. The number of nitrogens with one attached hydrogen (secondary N) is 1. The second-order valence-corrected chi connectivity index (χ2v) is 19.1. The van der Waals surface area contributed by atoms with Crippen LogP contribution in [0.3, 0.4) is 0 Å². The molecule has 0 bridgehead atoms. The van der Waals surface area contributed by atoms with E-state index in [1.165, 1.54) is 4.90 Å². The standard InChI is InChI=1S/C43H70N4O16/c1-25(7-10-34(50)51)28-8-9-29-39-30(20-33(49)43(28,29)3)42(2)12-11-27(18-26(42)19-32(39)48)63-41(62)44-13-5-4-6-31(40(60)61)47(16-14-45(21-35(52)53)22-36(54)55)17-15-46(23-37(56)57)24-38(58)59/h25-33,39,48-49H,4-24H2,1-3H3,(H,44,62)(H,50,51)(H,52,53)(H,54,55)(H,56,57)(H,58,59)(H,60,61)/t25?,26?,27-,28-,29?,30?,31+,32?,33+,39?,42+,43-/m1/s1. The number of hydrogen-bond donors (Lipinski definition) is 9. The molecule has 0 aromatic rings. The molecule has 12 atom stereocenters. The molecular formula is C43H70N4O16. The van der Waals surface area contributed by atoms with E-state index in [1.807, 2.05) is 0 Å². The lowest BCUT2D eigenvalue weighted by atomic mass is 9.43. The molecule has 0 heterocycles. The molecule has 0 radical (unpaired) electrons. The Balaban J connectivity index is 1.31. The van der Waals surface area contributed by atoms with Crippen LogP contribution in [0.15, 0.2) is 0 Å². The van der Waals surface area contributed by atoms with E-state index in [4.69, 9.17) is 4.74 Å². The van der Waals surface area contributed by atoms with Gasteiger partial charge in [-0.1, -0.05) is 20.8 Å². The Morgan fingerprint density at radius 1 is 0.698 bits per heavy atom. The lowest BCUT2D eigenvalue weighted by Gasteiger charge is -2.63. The highest BCUT2D eigenvalue weighted by atomic mass is 16.6. The predicted octanol–water partition coefficient (Wildman–Crippen LogP) is 2.05. The molecule has 9 N–H and O–H groups in total. The van der Waals surface area contributed by atoms with Crippen molar-refractivity contribution < 1.29 is 79.2 Å².